The zero-order chi connectivity index (χ0) is 34.7. The van der Waals surface area contributed by atoms with Crippen LogP contribution in [0.3, 0.4) is 0 Å². The van der Waals surface area contributed by atoms with Crippen LogP contribution in [0.4, 0.5) is 0 Å². The van der Waals surface area contributed by atoms with Crippen LogP contribution < -0.4 is 0 Å². The van der Waals surface area contributed by atoms with Crippen LogP contribution in [-0.2, 0) is 33.3 Å². The number of Topliss-reactive ketones (excluding diaryl/α,β-unsaturated/α-hetero) is 1. The van der Waals surface area contributed by atoms with Gasteiger partial charge in [-0.1, -0.05) is 13.8 Å². The molecular weight excluding hydrogens is 592 g/mol. The maximum Gasteiger partial charge on any atom is 0.319 e. The van der Waals surface area contributed by atoms with E-state index < -0.39 is 41.4 Å². The lowest BCUT2D eigenvalue weighted by Crippen LogP contribution is -2.59. The number of amides is 1. The first-order valence-electron chi connectivity index (χ1n) is 16.9. The highest BCUT2D eigenvalue weighted by molar-refractivity contribution is 6.04. The first-order chi connectivity index (χ1) is 21.3. The molecule has 0 aromatic rings. The molecule has 3 heterocycles. The summed E-state index contributed by atoms with van der Waals surface area (Å²) in [5, 5.41) is 11.3. The van der Waals surface area contributed by atoms with Gasteiger partial charge in [0.05, 0.1) is 24.4 Å². The quantitative estimate of drug-likeness (QED) is 0.319. The third-order valence-electron chi connectivity index (χ3n) is 10.5. The number of nitrogens with zero attached hydrogens (tertiary/aromatic N) is 4. The Morgan fingerprint density at radius 3 is 2.33 bits per heavy atom. The van der Waals surface area contributed by atoms with Crippen molar-refractivity contribution in [1.82, 2.24) is 19.6 Å². The molecule has 0 aliphatic carbocycles. The Morgan fingerprint density at radius 1 is 1.09 bits per heavy atom. The van der Waals surface area contributed by atoms with E-state index in [1.165, 1.54) is 0 Å². The van der Waals surface area contributed by atoms with Crippen LogP contribution >= 0.6 is 0 Å². The summed E-state index contributed by atoms with van der Waals surface area (Å²) in [7, 11) is 11.2. The number of likely N-dealkylation sites (N-methyl/N-ethyl adjacent to an activating group) is 3. The van der Waals surface area contributed by atoms with E-state index in [1.54, 1.807) is 27.9 Å². The normalized spacial score (nSPS) is 38.8. The molecule has 266 valence electrons. The van der Waals surface area contributed by atoms with E-state index >= 15 is 0 Å². The summed E-state index contributed by atoms with van der Waals surface area (Å²) in [5.74, 6) is -1.42. The summed E-state index contributed by atoms with van der Waals surface area (Å²) >= 11 is 0. The third kappa shape index (κ3) is 8.86. The molecule has 0 bridgehead atoms. The fraction of sp³-hybridized carbons (Fsp3) is 0.912. The number of ether oxygens (including phenoxy) is 4. The summed E-state index contributed by atoms with van der Waals surface area (Å²) in [6, 6.07) is -0.326. The lowest BCUT2D eigenvalue weighted by Gasteiger charge is -2.47. The van der Waals surface area contributed by atoms with Crippen LogP contribution in [0.25, 0.3) is 0 Å². The second-order valence-corrected chi connectivity index (χ2v) is 15.5. The minimum atomic E-state index is -1.46. The largest absolute Gasteiger partial charge is 0.463 e. The molecule has 0 radical (unpaired) electrons. The molecule has 3 aliphatic rings. The van der Waals surface area contributed by atoms with Crippen LogP contribution in [0.5, 0.6) is 0 Å². The summed E-state index contributed by atoms with van der Waals surface area (Å²) in [4.78, 5) is 48.7. The number of hydrogen-bond donors (Lipinski definition) is 1. The predicted molar refractivity (Wildman–Crippen MR) is 175 cm³/mol. The number of likely N-dealkylation sites (tertiary alicyclic amines) is 1. The van der Waals surface area contributed by atoms with E-state index in [4.69, 9.17) is 18.9 Å². The average molecular weight is 655 g/mol. The molecule has 10 atom stereocenters. The zero-order valence-corrected chi connectivity index (χ0v) is 30.4. The summed E-state index contributed by atoms with van der Waals surface area (Å²) < 4.78 is 24.9. The molecule has 12 nitrogen and oxygen atoms in total. The van der Waals surface area contributed by atoms with Gasteiger partial charge >= 0.3 is 5.97 Å². The highest BCUT2D eigenvalue weighted by Crippen LogP contribution is 2.38. The zero-order valence-electron chi connectivity index (χ0n) is 30.4. The van der Waals surface area contributed by atoms with Crippen molar-refractivity contribution >= 4 is 17.7 Å². The lowest BCUT2D eigenvalue weighted by molar-refractivity contribution is -0.295. The molecule has 0 unspecified atom stereocenters. The van der Waals surface area contributed by atoms with Gasteiger partial charge in [0.15, 0.2) is 12.1 Å². The molecule has 0 spiro atoms. The Kier molecular flexibility index (Phi) is 13.2. The van der Waals surface area contributed by atoms with Gasteiger partial charge in [0.2, 0.25) is 5.91 Å². The second kappa shape index (κ2) is 15.7. The number of carbonyl (C=O) groups is 3. The number of methoxy groups -OCH3 is 1. The van der Waals surface area contributed by atoms with Crippen LogP contribution in [0.15, 0.2) is 0 Å². The SMILES string of the molecule is CO[C@]1(C)C[C@@H](C)CN(C)[C@H]([C@H]2CCN(C(=O)CN(C)C)C2)COC(=O)C(C)(C)C(=O)[C@H](C)[C@H]1O[C@@H]1O[C@H](C)C[C@H](N(C)C)[C@H]1O. The Balaban J connectivity index is 1.95. The van der Waals surface area contributed by atoms with Gasteiger partial charge in [-0.15, -0.1) is 0 Å². The molecule has 0 aromatic carbocycles. The third-order valence-corrected chi connectivity index (χ3v) is 10.5. The van der Waals surface area contributed by atoms with Crippen molar-refractivity contribution in [3.05, 3.63) is 0 Å². The number of aliphatic hydroxyl groups is 1. The standard InChI is InChI=1S/C34H62N4O8/c1-21-16-34(6,43-12)30(46-31-28(40)25(36(9)10)15-22(2)45-31)23(3)29(41)33(4,5)32(42)44-20-26(37(11)17-21)24-13-14-38(18-24)27(39)19-35(7)8/h21-26,28,30-31,40H,13-20H2,1-12H3/t21-,22-,23+,24+,25+,26+,28-,30-,31+,34-/m1/s1. The van der Waals surface area contributed by atoms with Gasteiger partial charge in [0, 0.05) is 44.7 Å². The van der Waals surface area contributed by atoms with Gasteiger partial charge in [-0.25, -0.2) is 0 Å². The fourth-order valence-electron chi connectivity index (χ4n) is 7.76. The molecule has 3 rings (SSSR count). The number of ketones is 1. The minimum absolute atomic E-state index is 0.0890. The molecule has 0 aromatic heterocycles. The number of aliphatic hydroxyl groups excluding tert-OH is 1. The summed E-state index contributed by atoms with van der Waals surface area (Å²) in [6.45, 7) is 13.4. The average Bonchev–Trinajstić information content (AvgIpc) is 3.45. The molecule has 12 heteroatoms. The lowest BCUT2D eigenvalue weighted by atomic mass is 9.74. The van der Waals surface area contributed by atoms with E-state index in [9.17, 15) is 19.5 Å². The number of hydrogen-bond acceptors (Lipinski definition) is 11. The molecule has 3 aliphatic heterocycles. The Morgan fingerprint density at radius 2 is 1.74 bits per heavy atom. The predicted octanol–water partition coefficient (Wildman–Crippen LogP) is 1.73. The maximum atomic E-state index is 14.2. The number of cyclic esters (lactones) is 1. The Hall–Kier alpha value is -1.67. The number of carbonyl (C=O) groups excluding carboxylic acids is 3. The smallest absolute Gasteiger partial charge is 0.319 e. The molecule has 1 amide bonds. The van der Waals surface area contributed by atoms with E-state index in [0.717, 1.165) is 6.42 Å². The first kappa shape index (κ1) is 38.8. The Labute approximate surface area is 277 Å². The Bertz CT molecular complexity index is 1060. The van der Waals surface area contributed by atoms with Gasteiger partial charge in [0.1, 0.15) is 18.1 Å². The second-order valence-electron chi connectivity index (χ2n) is 15.5. The van der Waals surface area contributed by atoms with Gasteiger partial charge in [-0.3, -0.25) is 19.3 Å². The van der Waals surface area contributed by atoms with Gasteiger partial charge in [-0.05, 0) is 94.0 Å². The van der Waals surface area contributed by atoms with E-state index in [2.05, 4.69) is 11.8 Å². The molecule has 46 heavy (non-hydrogen) atoms. The van der Waals surface area contributed by atoms with Crippen molar-refractivity contribution in [1.29, 1.82) is 0 Å². The van der Waals surface area contributed by atoms with Crippen molar-refractivity contribution in [3.63, 3.8) is 0 Å². The van der Waals surface area contributed by atoms with Crippen molar-refractivity contribution < 1.29 is 38.4 Å². The van der Waals surface area contributed by atoms with Crippen molar-refractivity contribution in [2.24, 2.45) is 23.2 Å². The minimum Gasteiger partial charge on any atom is -0.463 e. The summed E-state index contributed by atoms with van der Waals surface area (Å²) in [5.41, 5.74) is -2.42. The van der Waals surface area contributed by atoms with Crippen molar-refractivity contribution in [2.75, 3.05) is 75.1 Å². The maximum absolute atomic E-state index is 14.2. The van der Waals surface area contributed by atoms with Crippen LogP contribution in [0.1, 0.15) is 60.8 Å². The highest BCUT2D eigenvalue weighted by atomic mass is 16.7. The van der Waals surface area contributed by atoms with Gasteiger partial charge in [0.25, 0.3) is 0 Å². The van der Waals surface area contributed by atoms with Gasteiger partial charge < -0.3 is 38.8 Å². The van der Waals surface area contributed by atoms with Crippen molar-refractivity contribution in [2.45, 2.75) is 103 Å². The first-order valence-corrected chi connectivity index (χ1v) is 16.9. The highest BCUT2D eigenvalue weighted by Gasteiger charge is 2.51. The monoisotopic (exact) mass is 654 g/mol. The van der Waals surface area contributed by atoms with Gasteiger partial charge in [-0.2, -0.15) is 0 Å². The molecule has 1 N–H and O–H groups in total. The molecule has 3 saturated heterocycles. The summed E-state index contributed by atoms with van der Waals surface area (Å²) in [6.07, 6.45) is -0.944. The molecular formula is C34H62N4O8. The van der Waals surface area contributed by atoms with Crippen LogP contribution in [0, 0.1) is 23.2 Å². The number of rotatable bonds is 7. The van der Waals surface area contributed by atoms with E-state index in [0.29, 0.717) is 39.0 Å². The van der Waals surface area contributed by atoms with Crippen molar-refractivity contribution in [3.8, 4) is 0 Å². The fourth-order valence-corrected chi connectivity index (χ4v) is 7.76. The number of esters is 1. The molecule has 3 fully saturated rings. The van der Waals surface area contributed by atoms with Crippen LogP contribution in [-0.4, -0.2) is 160 Å². The van der Waals surface area contributed by atoms with E-state index in [-0.39, 0.29) is 48.3 Å². The molecule has 0 saturated carbocycles. The van der Waals surface area contributed by atoms with E-state index in [1.807, 2.05) is 63.8 Å². The topological polar surface area (TPSA) is 121 Å². The van der Waals surface area contributed by atoms with Crippen LogP contribution in [0.2, 0.25) is 0 Å².